The molecule has 5 heteroatoms. The van der Waals surface area contributed by atoms with Gasteiger partial charge < -0.3 is 19.1 Å². The minimum Gasteiger partial charge on any atom is -0.494 e. The maximum absolute atomic E-state index is 9.28. The molecule has 3 rings (SSSR count). The van der Waals surface area contributed by atoms with E-state index >= 15 is 0 Å². The van der Waals surface area contributed by atoms with Gasteiger partial charge in [0, 0.05) is 6.54 Å². The molecule has 0 aliphatic heterocycles. The second-order valence-corrected chi connectivity index (χ2v) is 5.09. The van der Waals surface area contributed by atoms with Crippen molar-refractivity contribution >= 4 is 11.0 Å². The van der Waals surface area contributed by atoms with Crippen molar-refractivity contribution < 1.29 is 14.6 Å². The molecule has 3 aromatic rings. The quantitative estimate of drug-likeness (QED) is 0.728. The molecule has 1 N–H and O–H groups in total. The molecule has 5 nitrogen and oxygen atoms in total. The predicted molar refractivity (Wildman–Crippen MR) is 88.8 cm³/mol. The van der Waals surface area contributed by atoms with Gasteiger partial charge in [-0.3, -0.25) is 0 Å². The number of rotatable bonds is 7. The summed E-state index contributed by atoms with van der Waals surface area (Å²) in [5, 5.41) is 9.28. The lowest BCUT2D eigenvalue weighted by Gasteiger charge is -2.10. The van der Waals surface area contributed by atoms with Crippen LogP contribution in [0.3, 0.4) is 0 Å². The molecule has 23 heavy (non-hydrogen) atoms. The van der Waals surface area contributed by atoms with Gasteiger partial charge in [0.2, 0.25) is 0 Å². The summed E-state index contributed by atoms with van der Waals surface area (Å²) < 4.78 is 13.2. The Morgan fingerprint density at radius 1 is 1.00 bits per heavy atom. The summed E-state index contributed by atoms with van der Waals surface area (Å²) >= 11 is 0. The van der Waals surface area contributed by atoms with Crippen molar-refractivity contribution in [1.82, 2.24) is 9.55 Å². The Morgan fingerprint density at radius 2 is 1.70 bits per heavy atom. The number of aromatic nitrogens is 2. The van der Waals surface area contributed by atoms with Crippen LogP contribution in [0.1, 0.15) is 12.7 Å². The Hall–Kier alpha value is -2.53. The highest BCUT2D eigenvalue weighted by Crippen LogP contribution is 2.20. The third-order valence-electron chi connectivity index (χ3n) is 3.56. The van der Waals surface area contributed by atoms with Gasteiger partial charge in [-0.25, -0.2) is 4.98 Å². The van der Waals surface area contributed by atoms with Crippen LogP contribution in [-0.4, -0.2) is 27.9 Å². The normalized spacial score (nSPS) is 10.9. The molecule has 0 aliphatic carbocycles. The van der Waals surface area contributed by atoms with Crippen LogP contribution in [0.15, 0.2) is 48.5 Å². The van der Waals surface area contributed by atoms with Gasteiger partial charge in [0.15, 0.2) is 0 Å². The van der Waals surface area contributed by atoms with Crippen molar-refractivity contribution in [1.29, 1.82) is 0 Å². The Balaban J connectivity index is 1.77. The highest BCUT2D eigenvalue weighted by atomic mass is 16.5. The number of aliphatic hydroxyl groups is 1. The highest BCUT2D eigenvalue weighted by molar-refractivity contribution is 5.75. The van der Waals surface area contributed by atoms with E-state index < -0.39 is 0 Å². The number of para-hydroxylation sites is 2. The summed E-state index contributed by atoms with van der Waals surface area (Å²) in [4.78, 5) is 4.60. The molecular formula is C18H20N2O3. The van der Waals surface area contributed by atoms with E-state index in [1.54, 1.807) is 0 Å². The largest absolute Gasteiger partial charge is 0.494 e. The fourth-order valence-electron chi connectivity index (χ4n) is 2.53. The maximum Gasteiger partial charge on any atom is 0.148 e. The minimum absolute atomic E-state index is 0.0659. The van der Waals surface area contributed by atoms with Crippen LogP contribution >= 0.6 is 0 Å². The third-order valence-corrected chi connectivity index (χ3v) is 3.56. The highest BCUT2D eigenvalue weighted by Gasteiger charge is 2.10. The van der Waals surface area contributed by atoms with Crippen molar-refractivity contribution in [2.24, 2.45) is 0 Å². The Kier molecular flexibility index (Phi) is 4.78. The van der Waals surface area contributed by atoms with E-state index in [0.717, 1.165) is 28.4 Å². The summed E-state index contributed by atoms with van der Waals surface area (Å²) in [7, 11) is 0. The van der Waals surface area contributed by atoms with Gasteiger partial charge >= 0.3 is 0 Å². The van der Waals surface area contributed by atoms with Crippen molar-refractivity contribution in [3.63, 3.8) is 0 Å². The molecule has 0 amide bonds. The van der Waals surface area contributed by atoms with E-state index in [1.807, 2.05) is 60.0 Å². The summed E-state index contributed by atoms with van der Waals surface area (Å²) in [6, 6.07) is 15.4. The van der Waals surface area contributed by atoms with Crippen LogP contribution in [0.4, 0.5) is 0 Å². The molecule has 0 radical (unpaired) electrons. The first-order valence-corrected chi connectivity index (χ1v) is 7.72. The number of hydrogen-bond acceptors (Lipinski definition) is 4. The zero-order valence-corrected chi connectivity index (χ0v) is 13.1. The molecule has 1 aromatic heterocycles. The first-order chi connectivity index (χ1) is 11.3. The Bertz CT molecular complexity index is 766. The molecule has 0 atom stereocenters. The van der Waals surface area contributed by atoms with Gasteiger partial charge in [0.25, 0.3) is 0 Å². The molecule has 0 bridgehead atoms. The van der Waals surface area contributed by atoms with E-state index in [1.165, 1.54) is 0 Å². The van der Waals surface area contributed by atoms with Crippen LogP contribution in [0.2, 0.25) is 0 Å². The second-order valence-electron chi connectivity index (χ2n) is 5.09. The second kappa shape index (κ2) is 7.15. The lowest BCUT2D eigenvalue weighted by atomic mass is 10.3. The van der Waals surface area contributed by atoms with Crippen molar-refractivity contribution in [2.45, 2.75) is 20.1 Å². The number of nitrogens with zero attached hydrogens (tertiary/aromatic N) is 2. The van der Waals surface area contributed by atoms with Gasteiger partial charge in [0.1, 0.15) is 23.9 Å². The van der Waals surface area contributed by atoms with E-state index in [4.69, 9.17) is 9.47 Å². The number of imidazole rings is 1. The molecule has 0 saturated carbocycles. The molecule has 0 fully saturated rings. The topological polar surface area (TPSA) is 56.5 Å². The van der Waals surface area contributed by atoms with Crippen LogP contribution in [0.5, 0.6) is 11.5 Å². The number of ether oxygens (including phenoxy) is 2. The van der Waals surface area contributed by atoms with Gasteiger partial charge in [-0.15, -0.1) is 0 Å². The SMILES string of the molecule is CCOc1ccc(OCc2nc3ccccc3n2CCO)cc1. The fraction of sp³-hybridized carbons (Fsp3) is 0.278. The van der Waals surface area contributed by atoms with E-state index in [-0.39, 0.29) is 6.61 Å². The minimum atomic E-state index is 0.0659. The molecule has 0 saturated heterocycles. The zero-order valence-electron chi connectivity index (χ0n) is 13.1. The molecule has 0 spiro atoms. The van der Waals surface area contributed by atoms with Crippen LogP contribution < -0.4 is 9.47 Å². The zero-order chi connectivity index (χ0) is 16.1. The molecular weight excluding hydrogens is 292 g/mol. The fourth-order valence-corrected chi connectivity index (χ4v) is 2.53. The first kappa shape index (κ1) is 15.4. The average molecular weight is 312 g/mol. The molecule has 0 unspecified atom stereocenters. The van der Waals surface area contributed by atoms with Gasteiger partial charge in [-0.2, -0.15) is 0 Å². The number of benzene rings is 2. The Labute approximate surface area is 135 Å². The molecule has 2 aromatic carbocycles. The van der Waals surface area contributed by atoms with Gasteiger partial charge in [-0.05, 0) is 43.3 Å². The maximum atomic E-state index is 9.28. The number of hydrogen-bond donors (Lipinski definition) is 1. The average Bonchev–Trinajstić information content (AvgIpc) is 2.93. The van der Waals surface area contributed by atoms with Crippen LogP contribution in [0, 0.1) is 0 Å². The van der Waals surface area contributed by atoms with Crippen molar-refractivity contribution in [3.8, 4) is 11.5 Å². The summed E-state index contributed by atoms with van der Waals surface area (Å²) in [5.74, 6) is 2.39. The lowest BCUT2D eigenvalue weighted by molar-refractivity contribution is 0.260. The summed E-state index contributed by atoms with van der Waals surface area (Å²) in [6.07, 6.45) is 0. The van der Waals surface area contributed by atoms with Crippen LogP contribution in [0.25, 0.3) is 11.0 Å². The number of aliphatic hydroxyl groups excluding tert-OH is 1. The molecule has 1 heterocycles. The van der Waals surface area contributed by atoms with E-state index in [0.29, 0.717) is 19.8 Å². The number of fused-ring (bicyclic) bond motifs is 1. The lowest BCUT2D eigenvalue weighted by Crippen LogP contribution is -2.09. The summed E-state index contributed by atoms with van der Waals surface area (Å²) in [6.45, 7) is 3.52. The molecule has 0 aliphatic rings. The van der Waals surface area contributed by atoms with Crippen molar-refractivity contribution in [3.05, 3.63) is 54.4 Å². The van der Waals surface area contributed by atoms with Crippen molar-refractivity contribution in [2.75, 3.05) is 13.2 Å². The van der Waals surface area contributed by atoms with Gasteiger partial charge in [-0.1, -0.05) is 12.1 Å². The molecule has 120 valence electrons. The van der Waals surface area contributed by atoms with Gasteiger partial charge in [0.05, 0.1) is 24.2 Å². The van der Waals surface area contributed by atoms with E-state index in [2.05, 4.69) is 4.98 Å². The summed E-state index contributed by atoms with van der Waals surface area (Å²) in [5.41, 5.74) is 1.91. The predicted octanol–water partition coefficient (Wildman–Crippen LogP) is 3.01. The monoisotopic (exact) mass is 312 g/mol. The smallest absolute Gasteiger partial charge is 0.148 e. The van der Waals surface area contributed by atoms with Crippen LogP contribution in [-0.2, 0) is 13.2 Å². The third kappa shape index (κ3) is 3.46. The van der Waals surface area contributed by atoms with E-state index in [9.17, 15) is 5.11 Å². The Morgan fingerprint density at radius 3 is 2.39 bits per heavy atom. The standard InChI is InChI=1S/C18H20N2O3/c1-2-22-14-7-9-15(10-8-14)23-13-18-19-16-5-3-4-6-17(16)20(18)11-12-21/h3-10,21H,2,11-13H2,1H3. The first-order valence-electron chi connectivity index (χ1n) is 7.72.